The van der Waals surface area contributed by atoms with E-state index in [4.69, 9.17) is 0 Å². The van der Waals surface area contributed by atoms with Crippen molar-refractivity contribution < 1.29 is 0 Å². The summed E-state index contributed by atoms with van der Waals surface area (Å²) >= 11 is 2.13. The summed E-state index contributed by atoms with van der Waals surface area (Å²) in [6.07, 6.45) is 7.57. The van der Waals surface area contributed by atoms with E-state index < -0.39 is 0 Å². The van der Waals surface area contributed by atoms with Gasteiger partial charge in [-0.1, -0.05) is 12.2 Å². The monoisotopic (exact) mass is 140 g/mol. The fourth-order valence-electron chi connectivity index (χ4n) is 1.71. The van der Waals surface area contributed by atoms with Gasteiger partial charge in [0.05, 0.1) is 0 Å². The van der Waals surface area contributed by atoms with Crippen LogP contribution in [0.4, 0.5) is 0 Å². The fraction of sp³-hybridized carbons (Fsp3) is 0.750. The zero-order valence-electron chi connectivity index (χ0n) is 5.55. The predicted octanol–water partition coefficient (Wildman–Crippen LogP) is 2.32. The van der Waals surface area contributed by atoms with E-state index in [0.29, 0.717) is 0 Å². The summed E-state index contributed by atoms with van der Waals surface area (Å²) in [6.45, 7) is 0. The van der Waals surface area contributed by atoms with Crippen molar-refractivity contribution in [3.63, 3.8) is 0 Å². The van der Waals surface area contributed by atoms with E-state index >= 15 is 0 Å². The van der Waals surface area contributed by atoms with E-state index in [1.54, 1.807) is 0 Å². The van der Waals surface area contributed by atoms with Gasteiger partial charge >= 0.3 is 0 Å². The molecule has 2 atom stereocenters. The quantitative estimate of drug-likeness (QED) is 0.465. The Hall–Kier alpha value is 0.0900. The molecule has 0 bridgehead atoms. The van der Waals surface area contributed by atoms with Crippen molar-refractivity contribution in [2.24, 2.45) is 11.8 Å². The van der Waals surface area contributed by atoms with Crippen LogP contribution < -0.4 is 0 Å². The first-order valence-electron chi connectivity index (χ1n) is 3.71. The first-order valence-corrected chi connectivity index (χ1v) is 4.87. The van der Waals surface area contributed by atoms with Gasteiger partial charge in [0.25, 0.3) is 0 Å². The van der Waals surface area contributed by atoms with E-state index in [9.17, 15) is 0 Å². The lowest BCUT2D eigenvalue weighted by Crippen LogP contribution is -2.12. The molecule has 9 heavy (non-hydrogen) atoms. The van der Waals surface area contributed by atoms with Crippen molar-refractivity contribution in [3.05, 3.63) is 12.2 Å². The minimum Gasteiger partial charge on any atom is -0.161 e. The van der Waals surface area contributed by atoms with Gasteiger partial charge in [-0.25, -0.2) is 0 Å². The number of thioether (sulfide) groups is 1. The summed E-state index contributed by atoms with van der Waals surface area (Å²) in [7, 11) is 0. The van der Waals surface area contributed by atoms with Gasteiger partial charge in [0.1, 0.15) is 0 Å². The second kappa shape index (κ2) is 2.37. The van der Waals surface area contributed by atoms with Crippen molar-refractivity contribution in [3.8, 4) is 0 Å². The van der Waals surface area contributed by atoms with Gasteiger partial charge < -0.3 is 0 Å². The van der Waals surface area contributed by atoms with Crippen LogP contribution in [0.15, 0.2) is 12.2 Å². The van der Waals surface area contributed by atoms with Gasteiger partial charge in [-0.2, -0.15) is 11.8 Å². The van der Waals surface area contributed by atoms with Crippen LogP contribution in [0.1, 0.15) is 12.8 Å². The molecule has 0 saturated carbocycles. The highest BCUT2D eigenvalue weighted by Gasteiger charge is 2.26. The minimum atomic E-state index is 0.948. The molecule has 1 heterocycles. The Morgan fingerprint density at radius 3 is 3.22 bits per heavy atom. The fourth-order valence-corrected chi connectivity index (χ4v) is 3.21. The molecule has 0 nitrogen and oxygen atoms in total. The van der Waals surface area contributed by atoms with Gasteiger partial charge in [-0.05, 0) is 36.2 Å². The van der Waals surface area contributed by atoms with Gasteiger partial charge in [-0.3, -0.25) is 0 Å². The van der Waals surface area contributed by atoms with Crippen LogP contribution in [0.3, 0.4) is 0 Å². The Bertz CT molecular complexity index is 129. The molecule has 1 aliphatic heterocycles. The average Bonchev–Trinajstić information content (AvgIpc) is 2.33. The third kappa shape index (κ3) is 1.03. The van der Waals surface area contributed by atoms with Gasteiger partial charge in [-0.15, -0.1) is 0 Å². The van der Waals surface area contributed by atoms with Crippen molar-refractivity contribution in [2.45, 2.75) is 12.8 Å². The van der Waals surface area contributed by atoms with E-state index in [1.807, 2.05) is 0 Å². The summed E-state index contributed by atoms with van der Waals surface area (Å²) in [4.78, 5) is 0. The molecular weight excluding hydrogens is 128 g/mol. The van der Waals surface area contributed by atoms with Crippen LogP contribution in [0, 0.1) is 11.8 Å². The molecule has 1 fully saturated rings. The highest BCUT2D eigenvalue weighted by Crippen LogP contribution is 2.36. The summed E-state index contributed by atoms with van der Waals surface area (Å²) in [5.41, 5.74) is 0. The van der Waals surface area contributed by atoms with Crippen molar-refractivity contribution in [2.75, 3.05) is 11.5 Å². The zero-order valence-corrected chi connectivity index (χ0v) is 6.36. The van der Waals surface area contributed by atoms with E-state index in [-0.39, 0.29) is 0 Å². The maximum atomic E-state index is 2.42. The van der Waals surface area contributed by atoms with Crippen molar-refractivity contribution >= 4 is 11.8 Å². The molecule has 0 aromatic rings. The molecule has 1 aliphatic carbocycles. The molecule has 0 N–H and O–H groups in total. The van der Waals surface area contributed by atoms with Gasteiger partial charge in [0.15, 0.2) is 0 Å². The minimum absolute atomic E-state index is 0.948. The third-order valence-corrected chi connectivity index (χ3v) is 3.62. The SMILES string of the molecule is C1=C[C@H]2CSC[C@H]2CC1. The van der Waals surface area contributed by atoms with Crippen LogP contribution >= 0.6 is 11.8 Å². The maximum Gasteiger partial charge on any atom is -0.000139 e. The Kier molecular flexibility index (Phi) is 1.54. The highest BCUT2D eigenvalue weighted by molar-refractivity contribution is 7.99. The van der Waals surface area contributed by atoms with Crippen LogP contribution in [0.2, 0.25) is 0 Å². The Balaban J connectivity index is 2.10. The zero-order chi connectivity index (χ0) is 6.10. The smallest absolute Gasteiger partial charge is 0.000139 e. The molecule has 1 saturated heterocycles. The lowest BCUT2D eigenvalue weighted by molar-refractivity contribution is 0.444. The number of hydrogen-bond donors (Lipinski definition) is 0. The predicted molar refractivity (Wildman–Crippen MR) is 42.7 cm³/mol. The number of hydrogen-bond acceptors (Lipinski definition) is 1. The van der Waals surface area contributed by atoms with Crippen molar-refractivity contribution in [1.29, 1.82) is 0 Å². The molecular formula is C8H12S. The molecule has 0 aromatic carbocycles. The third-order valence-electron chi connectivity index (χ3n) is 2.34. The van der Waals surface area contributed by atoms with Crippen LogP contribution in [-0.2, 0) is 0 Å². The number of rotatable bonds is 0. The van der Waals surface area contributed by atoms with E-state index in [2.05, 4.69) is 23.9 Å². The normalized spacial score (nSPS) is 40.9. The lowest BCUT2D eigenvalue weighted by atomic mass is 9.87. The largest absolute Gasteiger partial charge is 0.161 e. The second-order valence-electron chi connectivity index (χ2n) is 2.97. The summed E-state index contributed by atoms with van der Waals surface area (Å²) in [5.74, 6) is 4.81. The van der Waals surface area contributed by atoms with E-state index in [1.165, 1.54) is 24.3 Å². The molecule has 2 rings (SSSR count). The first-order chi connectivity index (χ1) is 4.47. The Labute approximate surface area is 60.7 Å². The first kappa shape index (κ1) is 5.84. The van der Waals surface area contributed by atoms with Crippen LogP contribution in [0.5, 0.6) is 0 Å². The maximum absolute atomic E-state index is 2.42. The standard InChI is InChI=1S/C8H12S/c1-2-4-8-6-9-5-7(8)3-1/h1,3,7-8H,2,4-6H2/t7-,8+/m0/s1. The summed E-state index contributed by atoms with van der Waals surface area (Å²) in [5, 5.41) is 0. The topological polar surface area (TPSA) is 0 Å². The van der Waals surface area contributed by atoms with Crippen LogP contribution in [-0.4, -0.2) is 11.5 Å². The Morgan fingerprint density at radius 2 is 2.33 bits per heavy atom. The summed E-state index contributed by atoms with van der Waals surface area (Å²) < 4.78 is 0. The molecule has 0 aromatic heterocycles. The molecule has 0 amide bonds. The molecule has 0 unspecified atom stereocenters. The molecule has 1 heteroatoms. The van der Waals surface area contributed by atoms with Gasteiger partial charge in [0.2, 0.25) is 0 Å². The molecule has 0 spiro atoms. The number of fused-ring (bicyclic) bond motifs is 1. The highest BCUT2D eigenvalue weighted by atomic mass is 32.2. The van der Waals surface area contributed by atoms with Gasteiger partial charge in [0, 0.05) is 0 Å². The molecule has 0 radical (unpaired) electrons. The average molecular weight is 140 g/mol. The summed E-state index contributed by atoms with van der Waals surface area (Å²) in [6, 6.07) is 0. The molecule has 50 valence electrons. The second-order valence-corrected chi connectivity index (χ2v) is 4.04. The number of allylic oxidation sites excluding steroid dienone is 2. The van der Waals surface area contributed by atoms with E-state index in [0.717, 1.165) is 11.8 Å². The molecule has 2 aliphatic rings. The lowest BCUT2D eigenvalue weighted by Gasteiger charge is -2.17. The van der Waals surface area contributed by atoms with Crippen molar-refractivity contribution in [1.82, 2.24) is 0 Å². The Morgan fingerprint density at radius 1 is 1.33 bits per heavy atom. The van der Waals surface area contributed by atoms with Crippen LogP contribution in [0.25, 0.3) is 0 Å².